The summed E-state index contributed by atoms with van der Waals surface area (Å²) in [5, 5.41) is 6.33. The van der Waals surface area contributed by atoms with Crippen molar-refractivity contribution in [3.8, 4) is 11.3 Å². The standard InChI is InChI=1S/C20H21N5O2/c1-11-19-21-6-8-27-7-5-12-10-22-20(26)14-9-16(24-17(12)14)13-3-2-4-15(23-11)18(13)25-19/h2-4,9,12,24H,5-8,10H2,1H3,(H,21,25)(H,22,26)/t12-/m0/s1. The van der Waals surface area contributed by atoms with Gasteiger partial charge in [0.25, 0.3) is 5.91 Å². The normalized spacial score (nSPS) is 19.4. The van der Waals surface area contributed by atoms with Crippen LogP contribution in [-0.4, -0.2) is 47.2 Å². The Labute approximate surface area is 156 Å². The molecule has 2 aromatic heterocycles. The van der Waals surface area contributed by atoms with Crippen LogP contribution in [-0.2, 0) is 4.74 Å². The summed E-state index contributed by atoms with van der Waals surface area (Å²) < 4.78 is 5.78. The van der Waals surface area contributed by atoms with E-state index in [-0.39, 0.29) is 11.8 Å². The number of H-pyrrole nitrogens is 1. The minimum Gasteiger partial charge on any atom is -0.380 e. The van der Waals surface area contributed by atoms with Crippen molar-refractivity contribution in [2.75, 3.05) is 31.6 Å². The average Bonchev–Trinajstić information content (AvgIpc) is 3.11. The van der Waals surface area contributed by atoms with Crippen molar-refractivity contribution < 1.29 is 9.53 Å². The fourth-order valence-corrected chi connectivity index (χ4v) is 3.90. The second kappa shape index (κ2) is 6.35. The number of nitrogens with one attached hydrogen (secondary N) is 3. The molecule has 3 aromatic rings. The Balaban J connectivity index is 1.73. The van der Waals surface area contributed by atoms with E-state index in [2.05, 4.69) is 15.6 Å². The molecule has 1 aromatic carbocycles. The van der Waals surface area contributed by atoms with Crippen LogP contribution in [0.1, 0.15) is 34.1 Å². The maximum atomic E-state index is 12.4. The molecule has 0 spiro atoms. The number of amides is 1. The van der Waals surface area contributed by atoms with Crippen molar-refractivity contribution in [1.29, 1.82) is 0 Å². The molecule has 0 aliphatic carbocycles. The minimum atomic E-state index is -0.0292. The number of carbonyl (C=O) groups is 1. The fraction of sp³-hybridized carbons (Fsp3) is 0.350. The highest BCUT2D eigenvalue weighted by molar-refractivity contribution is 6.00. The lowest BCUT2D eigenvalue weighted by Crippen LogP contribution is -2.35. The summed E-state index contributed by atoms with van der Waals surface area (Å²) in [4.78, 5) is 25.4. The highest BCUT2D eigenvalue weighted by Gasteiger charge is 2.28. The maximum Gasteiger partial charge on any atom is 0.253 e. The number of aryl methyl sites for hydroxylation is 1. The van der Waals surface area contributed by atoms with Crippen molar-refractivity contribution >= 4 is 22.8 Å². The Morgan fingerprint density at radius 3 is 3.00 bits per heavy atom. The van der Waals surface area contributed by atoms with E-state index < -0.39 is 0 Å². The molecule has 0 unspecified atom stereocenters. The quantitative estimate of drug-likeness (QED) is 0.571. The van der Waals surface area contributed by atoms with Crippen LogP contribution in [0.15, 0.2) is 24.3 Å². The smallest absolute Gasteiger partial charge is 0.253 e. The summed E-state index contributed by atoms with van der Waals surface area (Å²) in [6, 6.07) is 7.90. The maximum absolute atomic E-state index is 12.4. The number of rotatable bonds is 0. The summed E-state index contributed by atoms with van der Waals surface area (Å²) >= 11 is 0. The van der Waals surface area contributed by atoms with Gasteiger partial charge in [-0.05, 0) is 25.5 Å². The van der Waals surface area contributed by atoms with Gasteiger partial charge in [-0.2, -0.15) is 0 Å². The highest BCUT2D eigenvalue weighted by atomic mass is 16.5. The zero-order valence-corrected chi connectivity index (χ0v) is 15.1. The summed E-state index contributed by atoms with van der Waals surface area (Å²) in [5.41, 5.74) is 6.08. The third-order valence-corrected chi connectivity index (χ3v) is 5.32. The van der Waals surface area contributed by atoms with E-state index in [1.807, 2.05) is 31.2 Å². The Bertz CT molecular complexity index is 1040. The molecule has 2 aliphatic rings. The lowest BCUT2D eigenvalue weighted by molar-refractivity contribution is 0.0929. The molecule has 1 amide bonds. The molecule has 27 heavy (non-hydrogen) atoms. The second-order valence-electron chi connectivity index (χ2n) is 7.08. The molecule has 5 rings (SSSR count). The van der Waals surface area contributed by atoms with Gasteiger partial charge in [-0.25, -0.2) is 9.97 Å². The van der Waals surface area contributed by atoms with Gasteiger partial charge in [-0.15, -0.1) is 0 Å². The van der Waals surface area contributed by atoms with E-state index >= 15 is 0 Å². The summed E-state index contributed by atoms with van der Waals surface area (Å²) in [6.07, 6.45) is 0.863. The van der Waals surface area contributed by atoms with Crippen molar-refractivity contribution in [2.45, 2.75) is 19.3 Å². The summed E-state index contributed by atoms with van der Waals surface area (Å²) in [5.74, 6) is 0.960. The number of hydrogen-bond acceptors (Lipinski definition) is 5. The summed E-state index contributed by atoms with van der Waals surface area (Å²) in [7, 11) is 0. The molecular formula is C20H21N5O2. The zero-order valence-electron chi connectivity index (χ0n) is 15.1. The van der Waals surface area contributed by atoms with Crippen molar-refractivity contribution in [2.24, 2.45) is 0 Å². The van der Waals surface area contributed by atoms with Gasteiger partial charge in [-0.3, -0.25) is 4.79 Å². The van der Waals surface area contributed by atoms with Crippen LogP contribution >= 0.6 is 0 Å². The minimum absolute atomic E-state index is 0.0292. The zero-order chi connectivity index (χ0) is 18.4. The van der Waals surface area contributed by atoms with Gasteiger partial charge in [-0.1, -0.05) is 12.1 Å². The monoisotopic (exact) mass is 363 g/mol. The highest BCUT2D eigenvalue weighted by Crippen LogP contribution is 2.34. The van der Waals surface area contributed by atoms with Crippen LogP contribution in [0.4, 0.5) is 5.82 Å². The van der Waals surface area contributed by atoms with Crippen LogP contribution in [0.25, 0.3) is 22.3 Å². The predicted molar refractivity (Wildman–Crippen MR) is 103 cm³/mol. The average molecular weight is 363 g/mol. The number of ether oxygens (including phenoxy) is 1. The van der Waals surface area contributed by atoms with Gasteiger partial charge in [0.1, 0.15) is 11.3 Å². The Morgan fingerprint density at radius 1 is 1.15 bits per heavy atom. The first-order chi connectivity index (χ1) is 13.2. The molecule has 3 N–H and O–H groups in total. The van der Waals surface area contributed by atoms with Crippen LogP contribution < -0.4 is 10.6 Å². The SMILES string of the molecule is Cc1nc2cccc3c2nc1NCCOCC[C@H]1CNC(=O)c2cc-3[nH]c21. The van der Waals surface area contributed by atoms with Crippen LogP contribution in [0.5, 0.6) is 0 Å². The van der Waals surface area contributed by atoms with Gasteiger partial charge in [0.05, 0.1) is 23.4 Å². The Hall–Kier alpha value is -2.93. The summed E-state index contributed by atoms with van der Waals surface area (Å²) in [6.45, 7) is 4.51. The number of para-hydroxylation sites is 1. The Kier molecular flexibility index (Phi) is 3.82. The second-order valence-corrected chi connectivity index (χ2v) is 7.08. The van der Waals surface area contributed by atoms with Crippen LogP contribution in [0.3, 0.4) is 0 Å². The van der Waals surface area contributed by atoms with E-state index in [1.54, 1.807) is 0 Å². The molecule has 0 saturated carbocycles. The number of nitrogens with zero attached hydrogens (tertiary/aromatic N) is 2. The molecule has 2 aliphatic heterocycles. The van der Waals surface area contributed by atoms with Crippen LogP contribution in [0, 0.1) is 6.92 Å². The molecule has 1 atom stereocenters. The lowest BCUT2D eigenvalue weighted by Gasteiger charge is -2.23. The van der Waals surface area contributed by atoms with Gasteiger partial charge < -0.3 is 20.4 Å². The number of aromatic nitrogens is 3. The first-order valence-electron chi connectivity index (χ1n) is 9.31. The largest absolute Gasteiger partial charge is 0.380 e. The number of fused-ring (bicyclic) bond motifs is 3. The molecule has 4 heterocycles. The van der Waals surface area contributed by atoms with Crippen molar-refractivity contribution in [1.82, 2.24) is 20.3 Å². The third kappa shape index (κ3) is 2.75. The number of anilines is 1. The van der Waals surface area contributed by atoms with Gasteiger partial charge in [0, 0.05) is 42.6 Å². The van der Waals surface area contributed by atoms with E-state index in [0.717, 1.165) is 45.9 Å². The van der Waals surface area contributed by atoms with Crippen molar-refractivity contribution in [3.63, 3.8) is 0 Å². The first-order valence-corrected chi connectivity index (χ1v) is 9.31. The number of carbonyl (C=O) groups excluding carboxylic acids is 1. The number of hydrogen-bond donors (Lipinski definition) is 3. The number of aromatic amines is 1. The van der Waals surface area contributed by atoms with E-state index in [9.17, 15) is 4.79 Å². The molecule has 0 saturated heterocycles. The molecule has 0 radical (unpaired) electrons. The van der Waals surface area contributed by atoms with Crippen LogP contribution in [0.2, 0.25) is 0 Å². The van der Waals surface area contributed by atoms with Gasteiger partial charge in [0.2, 0.25) is 0 Å². The molecule has 4 bridgehead atoms. The Morgan fingerprint density at radius 2 is 2.07 bits per heavy atom. The van der Waals surface area contributed by atoms with E-state index in [0.29, 0.717) is 31.9 Å². The molecular weight excluding hydrogens is 342 g/mol. The first kappa shape index (κ1) is 16.3. The van der Waals surface area contributed by atoms with E-state index in [4.69, 9.17) is 14.7 Å². The fourth-order valence-electron chi connectivity index (χ4n) is 3.90. The molecule has 7 heteroatoms. The topological polar surface area (TPSA) is 91.9 Å². The third-order valence-electron chi connectivity index (χ3n) is 5.32. The number of benzene rings is 1. The van der Waals surface area contributed by atoms with Crippen molar-refractivity contribution in [3.05, 3.63) is 41.2 Å². The molecule has 138 valence electrons. The molecule has 7 nitrogen and oxygen atoms in total. The van der Waals surface area contributed by atoms with E-state index in [1.165, 1.54) is 0 Å². The van der Waals surface area contributed by atoms with Gasteiger partial charge >= 0.3 is 0 Å². The lowest BCUT2D eigenvalue weighted by atomic mass is 9.95. The molecule has 0 fully saturated rings. The van der Waals surface area contributed by atoms with Gasteiger partial charge in [0.15, 0.2) is 0 Å². The predicted octanol–water partition coefficient (Wildman–Crippen LogP) is 2.59.